The summed E-state index contributed by atoms with van der Waals surface area (Å²) in [5.74, 6) is 0. The molecule has 0 aliphatic heterocycles. The van der Waals surface area contributed by atoms with E-state index in [2.05, 4.69) is 13.0 Å². The van der Waals surface area contributed by atoms with E-state index in [0.717, 1.165) is 0 Å². The quantitative estimate of drug-likeness (QED) is 0.593. The largest absolute Gasteiger partial charge is 0.326 e. The van der Waals surface area contributed by atoms with Crippen molar-refractivity contribution in [2.75, 3.05) is 0 Å². The molecule has 0 aromatic heterocycles. The monoisotopic (exact) mass is 120 g/mol. The second-order valence-corrected chi connectivity index (χ2v) is 2.06. The number of benzene rings is 1. The van der Waals surface area contributed by atoms with Crippen molar-refractivity contribution in [3.05, 3.63) is 35.4 Å². The summed E-state index contributed by atoms with van der Waals surface area (Å²) in [6, 6.07) is 8.81. The normalized spacial score (nSPS) is 9.56. The van der Waals surface area contributed by atoms with Crippen LogP contribution in [0.4, 0.5) is 0 Å². The van der Waals surface area contributed by atoms with Crippen LogP contribution >= 0.6 is 0 Å². The second-order valence-electron chi connectivity index (χ2n) is 2.06. The van der Waals surface area contributed by atoms with Gasteiger partial charge in [-0.05, 0) is 30.2 Å². The maximum atomic E-state index is 5.43. The van der Waals surface area contributed by atoms with Gasteiger partial charge in [-0.15, -0.1) is 0 Å². The van der Waals surface area contributed by atoms with Gasteiger partial charge in [0.05, 0.1) is 0 Å². The molecule has 0 heterocycles. The number of hydrogen-bond donors (Lipinski definition) is 1. The Balaban J connectivity index is 3.01. The van der Waals surface area contributed by atoms with E-state index in [1.54, 1.807) is 0 Å². The number of hydrogen-bond acceptors (Lipinski definition) is 1. The van der Waals surface area contributed by atoms with Gasteiger partial charge in [0.1, 0.15) is 0 Å². The fourth-order valence-corrected chi connectivity index (χ4v) is 0.763. The minimum absolute atomic E-state index is 0.614. The van der Waals surface area contributed by atoms with Gasteiger partial charge in [-0.25, -0.2) is 0 Å². The molecule has 1 aromatic rings. The molecule has 0 bridgehead atoms. The SMILES string of the molecule is Cc1cc[c]cc1CN. The van der Waals surface area contributed by atoms with E-state index >= 15 is 0 Å². The Morgan fingerprint density at radius 1 is 1.67 bits per heavy atom. The highest BCUT2D eigenvalue weighted by Crippen LogP contribution is 2.03. The fraction of sp³-hybridized carbons (Fsp3) is 0.250. The maximum absolute atomic E-state index is 5.43. The molecule has 1 nitrogen and oxygen atoms in total. The van der Waals surface area contributed by atoms with Crippen molar-refractivity contribution in [2.24, 2.45) is 5.73 Å². The van der Waals surface area contributed by atoms with E-state index in [-0.39, 0.29) is 0 Å². The van der Waals surface area contributed by atoms with Crippen LogP contribution in [-0.2, 0) is 6.54 Å². The first kappa shape index (κ1) is 6.30. The predicted molar refractivity (Wildman–Crippen MR) is 37.9 cm³/mol. The summed E-state index contributed by atoms with van der Waals surface area (Å²) in [4.78, 5) is 0. The van der Waals surface area contributed by atoms with Gasteiger partial charge in [0.15, 0.2) is 0 Å². The molecule has 47 valence electrons. The average molecular weight is 120 g/mol. The van der Waals surface area contributed by atoms with E-state index in [1.807, 2.05) is 18.2 Å². The maximum Gasteiger partial charge on any atom is 0.0180 e. The molecule has 1 aromatic carbocycles. The van der Waals surface area contributed by atoms with Crippen molar-refractivity contribution in [2.45, 2.75) is 13.5 Å². The minimum atomic E-state index is 0.614. The molecular weight excluding hydrogens is 110 g/mol. The van der Waals surface area contributed by atoms with Gasteiger partial charge in [-0.2, -0.15) is 0 Å². The lowest BCUT2D eigenvalue weighted by Crippen LogP contribution is -1.97. The number of rotatable bonds is 1. The molecule has 0 unspecified atom stereocenters. The molecule has 0 spiro atoms. The Hall–Kier alpha value is -0.820. The van der Waals surface area contributed by atoms with Crippen LogP contribution in [0.1, 0.15) is 11.1 Å². The Labute approximate surface area is 55.5 Å². The Morgan fingerprint density at radius 2 is 2.44 bits per heavy atom. The van der Waals surface area contributed by atoms with Crippen LogP contribution in [0.5, 0.6) is 0 Å². The molecular formula is C8H10N. The smallest absolute Gasteiger partial charge is 0.0180 e. The minimum Gasteiger partial charge on any atom is -0.326 e. The first-order valence-electron chi connectivity index (χ1n) is 3.00. The van der Waals surface area contributed by atoms with E-state index in [4.69, 9.17) is 5.73 Å². The van der Waals surface area contributed by atoms with Crippen LogP contribution in [0.3, 0.4) is 0 Å². The molecule has 1 heteroatoms. The highest BCUT2D eigenvalue weighted by Gasteiger charge is 1.90. The van der Waals surface area contributed by atoms with Crippen LogP contribution in [-0.4, -0.2) is 0 Å². The molecule has 0 fully saturated rings. The van der Waals surface area contributed by atoms with E-state index in [1.165, 1.54) is 11.1 Å². The van der Waals surface area contributed by atoms with Crippen molar-refractivity contribution < 1.29 is 0 Å². The van der Waals surface area contributed by atoms with Crippen LogP contribution < -0.4 is 5.73 Å². The summed E-state index contributed by atoms with van der Waals surface area (Å²) in [6.45, 7) is 2.67. The van der Waals surface area contributed by atoms with E-state index in [9.17, 15) is 0 Å². The summed E-state index contributed by atoms with van der Waals surface area (Å²) in [6.07, 6.45) is 0. The van der Waals surface area contributed by atoms with E-state index < -0.39 is 0 Å². The van der Waals surface area contributed by atoms with Gasteiger partial charge < -0.3 is 5.73 Å². The molecule has 9 heavy (non-hydrogen) atoms. The van der Waals surface area contributed by atoms with Gasteiger partial charge in [0.2, 0.25) is 0 Å². The van der Waals surface area contributed by atoms with Crippen molar-refractivity contribution in [1.82, 2.24) is 0 Å². The van der Waals surface area contributed by atoms with Crippen LogP contribution in [0, 0.1) is 13.0 Å². The Bertz CT molecular complexity index is 194. The lowest BCUT2D eigenvalue weighted by molar-refractivity contribution is 1.05. The average Bonchev–Trinajstić information content (AvgIpc) is 1.89. The highest BCUT2D eigenvalue weighted by atomic mass is 14.5. The summed E-state index contributed by atoms with van der Waals surface area (Å²) in [7, 11) is 0. The molecule has 2 N–H and O–H groups in total. The van der Waals surface area contributed by atoms with Gasteiger partial charge in [0.25, 0.3) is 0 Å². The number of nitrogens with two attached hydrogens (primary N) is 1. The molecule has 0 saturated heterocycles. The van der Waals surface area contributed by atoms with E-state index in [0.29, 0.717) is 6.54 Å². The summed E-state index contributed by atoms with van der Waals surface area (Å²) in [5, 5.41) is 0. The molecule has 0 aliphatic rings. The molecule has 1 rings (SSSR count). The number of aryl methyl sites for hydroxylation is 1. The lowest BCUT2D eigenvalue weighted by Gasteiger charge is -1.98. The first-order chi connectivity index (χ1) is 4.34. The molecule has 0 atom stereocenters. The van der Waals surface area contributed by atoms with Crippen LogP contribution in [0.15, 0.2) is 18.2 Å². The fourth-order valence-electron chi connectivity index (χ4n) is 0.763. The zero-order chi connectivity index (χ0) is 6.69. The zero-order valence-electron chi connectivity index (χ0n) is 5.52. The first-order valence-corrected chi connectivity index (χ1v) is 3.00. The standard InChI is InChI=1S/C8H10N/c1-7-4-2-3-5-8(7)6-9/h2,4-5H,6,9H2,1H3. The Morgan fingerprint density at radius 3 is 2.89 bits per heavy atom. The van der Waals surface area contributed by atoms with Crippen molar-refractivity contribution in [3.8, 4) is 0 Å². The summed E-state index contributed by atoms with van der Waals surface area (Å²) >= 11 is 0. The summed E-state index contributed by atoms with van der Waals surface area (Å²) < 4.78 is 0. The van der Waals surface area contributed by atoms with Crippen molar-refractivity contribution in [3.63, 3.8) is 0 Å². The third-order valence-corrected chi connectivity index (χ3v) is 1.41. The highest BCUT2D eigenvalue weighted by molar-refractivity contribution is 5.24. The predicted octanol–water partition coefficient (Wildman–Crippen LogP) is 1.25. The topological polar surface area (TPSA) is 26.0 Å². The van der Waals surface area contributed by atoms with Gasteiger partial charge in [0, 0.05) is 6.54 Å². The molecule has 0 saturated carbocycles. The Kier molecular flexibility index (Phi) is 1.85. The van der Waals surface area contributed by atoms with Gasteiger partial charge in [-0.1, -0.05) is 12.1 Å². The van der Waals surface area contributed by atoms with Crippen molar-refractivity contribution >= 4 is 0 Å². The third-order valence-electron chi connectivity index (χ3n) is 1.41. The zero-order valence-corrected chi connectivity index (χ0v) is 5.52. The molecule has 0 aliphatic carbocycles. The summed E-state index contributed by atoms with van der Waals surface area (Å²) in [5.41, 5.74) is 7.86. The van der Waals surface area contributed by atoms with Crippen LogP contribution in [0.25, 0.3) is 0 Å². The molecule has 0 amide bonds. The van der Waals surface area contributed by atoms with Crippen LogP contribution in [0.2, 0.25) is 0 Å². The second kappa shape index (κ2) is 2.65. The van der Waals surface area contributed by atoms with Gasteiger partial charge >= 0.3 is 0 Å². The van der Waals surface area contributed by atoms with Gasteiger partial charge in [-0.3, -0.25) is 0 Å². The third kappa shape index (κ3) is 1.30. The molecule has 1 radical (unpaired) electrons. The van der Waals surface area contributed by atoms with Crippen molar-refractivity contribution in [1.29, 1.82) is 0 Å². The lowest BCUT2D eigenvalue weighted by atomic mass is 10.1.